The molecule has 2 rings (SSSR count). The Morgan fingerprint density at radius 2 is 2.05 bits per heavy atom. The SMILES string of the molecule is Cc1ccc(S(=O)(=O)NCC(C)N2CCOCC2)cc1F. The maximum atomic E-state index is 13.5. The fraction of sp³-hybridized carbons (Fsp3) is 0.571. The van der Waals surface area contributed by atoms with Crippen molar-refractivity contribution in [1.29, 1.82) is 0 Å². The molecule has 0 radical (unpaired) electrons. The first-order valence-corrected chi connectivity index (χ1v) is 8.46. The smallest absolute Gasteiger partial charge is 0.240 e. The van der Waals surface area contributed by atoms with Gasteiger partial charge in [-0.05, 0) is 31.5 Å². The van der Waals surface area contributed by atoms with Gasteiger partial charge in [0.1, 0.15) is 5.82 Å². The summed E-state index contributed by atoms with van der Waals surface area (Å²) in [6, 6.07) is 4.01. The third kappa shape index (κ3) is 4.23. The maximum absolute atomic E-state index is 13.5. The first-order valence-electron chi connectivity index (χ1n) is 6.98. The van der Waals surface area contributed by atoms with Crippen LogP contribution in [0.3, 0.4) is 0 Å². The highest BCUT2D eigenvalue weighted by Crippen LogP contribution is 2.14. The van der Waals surface area contributed by atoms with Gasteiger partial charge in [0.05, 0.1) is 18.1 Å². The fourth-order valence-corrected chi connectivity index (χ4v) is 3.33. The van der Waals surface area contributed by atoms with Crippen molar-refractivity contribution in [2.45, 2.75) is 24.8 Å². The second-order valence-electron chi connectivity index (χ2n) is 5.26. The summed E-state index contributed by atoms with van der Waals surface area (Å²) < 4.78 is 45.6. The van der Waals surface area contributed by atoms with E-state index in [0.29, 0.717) is 18.8 Å². The molecule has 7 heteroatoms. The highest BCUT2D eigenvalue weighted by molar-refractivity contribution is 7.89. The van der Waals surface area contributed by atoms with E-state index in [1.165, 1.54) is 12.1 Å². The summed E-state index contributed by atoms with van der Waals surface area (Å²) in [6.07, 6.45) is 0. The molecule has 0 bridgehead atoms. The highest BCUT2D eigenvalue weighted by atomic mass is 32.2. The minimum Gasteiger partial charge on any atom is -0.379 e. The van der Waals surface area contributed by atoms with Gasteiger partial charge in [-0.25, -0.2) is 17.5 Å². The molecule has 1 saturated heterocycles. The van der Waals surface area contributed by atoms with Gasteiger partial charge in [-0.3, -0.25) is 4.90 Å². The van der Waals surface area contributed by atoms with Gasteiger partial charge in [-0.15, -0.1) is 0 Å². The number of rotatable bonds is 5. The number of sulfonamides is 1. The van der Waals surface area contributed by atoms with Gasteiger partial charge in [0.25, 0.3) is 0 Å². The lowest BCUT2D eigenvalue weighted by Crippen LogP contribution is -2.47. The molecule has 5 nitrogen and oxygen atoms in total. The summed E-state index contributed by atoms with van der Waals surface area (Å²) in [7, 11) is -3.68. The Bertz CT molecular complexity index is 586. The Morgan fingerprint density at radius 3 is 2.67 bits per heavy atom. The van der Waals surface area contributed by atoms with Crippen LogP contribution in [-0.2, 0) is 14.8 Å². The molecular weight excluding hydrogens is 295 g/mol. The van der Waals surface area contributed by atoms with Crippen LogP contribution in [0.15, 0.2) is 23.1 Å². The highest BCUT2D eigenvalue weighted by Gasteiger charge is 2.20. The van der Waals surface area contributed by atoms with Crippen LogP contribution >= 0.6 is 0 Å². The number of ether oxygens (including phenoxy) is 1. The van der Waals surface area contributed by atoms with E-state index < -0.39 is 15.8 Å². The van der Waals surface area contributed by atoms with E-state index in [4.69, 9.17) is 4.74 Å². The molecule has 0 spiro atoms. The van der Waals surface area contributed by atoms with Gasteiger partial charge < -0.3 is 4.74 Å². The minimum absolute atomic E-state index is 0.0419. The van der Waals surface area contributed by atoms with Crippen molar-refractivity contribution >= 4 is 10.0 Å². The molecular formula is C14H21FN2O3S. The summed E-state index contributed by atoms with van der Waals surface area (Å²) in [6.45, 7) is 6.77. The molecule has 0 aromatic heterocycles. The molecule has 0 amide bonds. The van der Waals surface area contributed by atoms with E-state index in [-0.39, 0.29) is 17.5 Å². The number of morpholine rings is 1. The van der Waals surface area contributed by atoms with Gasteiger partial charge in [-0.1, -0.05) is 6.07 Å². The van der Waals surface area contributed by atoms with Gasteiger partial charge >= 0.3 is 0 Å². The number of nitrogens with one attached hydrogen (secondary N) is 1. The van der Waals surface area contributed by atoms with Crippen LogP contribution in [0.1, 0.15) is 12.5 Å². The van der Waals surface area contributed by atoms with Crippen LogP contribution in [0.4, 0.5) is 4.39 Å². The molecule has 0 saturated carbocycles. The molecule has 1 heterocycles. The normalized spacial score (nSPS) is 18.6. The van der Waals surface area contributed by atoms with E-state index in [9.17, 15) is 12.8 Å². The number of nitrogens with zero attached hydrogens (tertiary/aromatic N) is 1. The Labute approximate surface area is 125 Å². The molecule has 1 atom stereocenters. The van der Waals surface area contributed by atoms with Crippen molar-refractivity contribution in [2.75, 3.05) is 32.8 Å². The fourth-order valence-electron chi connectivity index (χ4n) is 2.20. The largest absolute Gasteiger partial charge is 0.379 e. The van der Waals surface area contributed by atoms with Crippen LogP contribution < -0.4 is 4.72 Å². The first kappa shape index (κ1) is 16.4. The molecule has 1 aliphatic rings. The molecule has 21 heavy (non-hydrogen) atoms. The Kier molecular flexibility index (Phi) is 5.32. The Balaban J connectivity index is 1.98. The predicted molar refractivity (Wildman–Crippen MR) is 78.2 cm³/mol. The van der Waals surface area contributed by atoms with Crippen molar-refractivity contribution in [2.24, 2.45) is 0 Å². The average Bonchev–Trinajstić information content (AvgIpc) is 2.48. The second-order valence-corrected chi connectivity index (χ2v) is 7.03. The van der Waals surface area contributed by atoms with Gasteiger partial charge in [0, 0.05) is 25.7 Å². The number of halogens is 1. The standard InChI is InChI=1S/C14H21FN2O3S/c1-11-3-4-13(9-14(11)15)21(18,19)16-10-12(2)17-5-7-20-8-6-17/h3-4,9,12,16H,5-8,10H2,1-2H3. The molecule has 1 fully saturated rings. The monoisotopic (exact) mass is 316 g/mol. The van der Waals surface area contributed by atoms with Crippen LogP contribution in [0.25, 0.3) is 0 Å². The van der Waals surface area contributed by atoms with Crippen molar-refractivity contribution in [1.82, 2.24) is 9.62 Å². The lowest BCUT2D eigenvalue weighted by Gasteiger charge is -2.32. The summed E-state index contributed by atoms with van der Waals surface area (Å²) in [5.41, 5.74) is 0.427. The van der Waals surface area contributed by atoms with E-state index >= 15 is 0 Å². The number of hydrogen-bond acceptors (Lipinski definition) is 4. The minimum atomic E-state index is -3.68. The Morgan fingerprint density at radius 1 is 1.38 bits per heavy atom. The maximum Gasteiger partial charge on any atom is 0.240 e. The zero-order valence-electron chi connectivity index (χ0n) is 12.3. The van der Waals surface area contributed by atoms with E-state index in [1.807, 2.05) is 6.92 Å². The van der Waals surface area contributed by atoms with Crippen molar-refractivity contribution in [3.63, 3.8) is 0 Å². The quantitative estimate of drug-likeness (QED) is 0.885. The molecule has 1 unspecified atom stereocenters. The molecule has 1 aromatic rings. The summed E-state index contributed by atoms with van der Waals surface area (Å²) >= 11 is 0. The van der Waals surface area contributed by atoms with Crippen LogP contribution in [0, 0.1) is 12.7 Å². The third-order valence-electron chi connectivity index (χ3n) is 3.69. The summed E-state index contributed by atoms with van der Waals surface area (Å²) in [4.78, 5) is 2.13. The van der Waals surface area contributed by atoms with Gasteiger partial charge in [0.2, 0.25) is 10.0 Å². The zero-order valence-corrected chi connectivity index (χ0v) is 13.1. The molecule has 118 valence electrons. The zero-order chi connectivity index (χ0) is 15.5. The first-order chi connectivity index (χ1) is 9.90. The summed E-state index contributed by atoms with van der Waals surface area (Å²) in [5.74, 6) is -0.515. The lowest BCUT2D eigenvalue weighted by molar-refractivity contribution is 0.0213. The number of aryl methyl sites for hydroxylation is 1. The van der Waals surface area contributed by atoms with Crippen molar-refractivity contribution < 1.29 is 17.5 Å². The van der Waals surface area contributed by atoms with Gasteiger partial charge in [-0.2, -0.15) is 0 Å². The molecule has 0 aliphatic carbocycles. The van der Waals surface area contributed by atoms with Crippen molar-refractivity contribution in [3.8, 4) is 0 Å². The van der Waals surface area contributed by atoms with Crippen LogP contribution in [0.5, 0.6) is 0 Å². The number of benzene rings is 1. The van der Waals surface area contributed by atoms with Gasteiger partial charge in [0.15, 0.2) is 0 Å². The van der Waals surface area contributed by atoms with E-state index in [0.717, 1.165) is 19.2 Å². The molecule has 1 N–H and O–H groups in total. The lowest BCUT2D eigenvalue weighted by atomic mass is 10.2. The third-order valence-corrected chi connectivity index (χ3v) is 5.11. The van der Waals surface area contributed by atoms with Crippen LogP contribution in [0.2, 0.25) is 0 Å². The molecule has 1 aliphatic heterocycles. The molecule has 1 aromatic carbocycles. The second kappa shape index (κ2) is 6.83. The summed E-state index contributed by atoms with van der Waals surface area (Å²) in [5, 5.41) is 0. The number of hydrogen-bond donors (Lipinski definition) is 1. The van der Waals surface area contributed by atoms with E-state index in [1.54, 1.807) is 6.92 Å². The van der Waals surface area contributed by atoms with Crippen molar-refractivity contribution in [3.05, 3.63) is 29.6 Å². The predicted octanol–water partition coefficient (Wildman–Crippen LogP) is 1.13. The topological polar surface area (TPSA) is 58.6 Å². The van der Waals surface area contributed by atoms with E-state index in [2.05, 4.69) is 9.62 Å². The Hall–Kier alpha value is -1.02. The van der Waals surface area contributed by atoms with Crippen LogP contribution in [-0.4, -0.2) is 52.2 Å². The average molecular weight is 316 g/mol.